The normalized spacial score (nSPS) is 14.1. The third-order valence-corrected chi connectivity index (χ3v) is 3.99. The van der Waals surface area contributed by atoms with E-state index in [-0.39, 0.29) is 12.5 Å². The maximum Gasteiger partial charge on any atom is 0.254 e. The van der Waals surface area contributed by atoms with Crippen molar-refractivity contribution in [2.45, 2.75) is 26.0 Å². The van der Waals surface area contributed by atoms with Crippen molar-refractivity contribution >= 4 is 17.2 Å². The van der Waals surface area contributed by atoms with Crippen molar-refractivity contribution in [3.63, 3.8) is 0 Å². The quantitative estimate of drug-likeness (QED) is 0.873. The lowest BCUT2D eigenvalue weighted by Gasteiger charge is -2.22. The summed E-state index contributed by atoms with van der Waals surface area (Å²) in [5.74, 6) is -0.225. The number of aromatic nitrogens is 2. The second-order valence-corrected chi connectivity index (χ2v) is 5.47. The summed E-state index contributed by atoms with van der Waals surface area (Å²) < 4.78 is 1.69. The average molecular weight is 279 g/mol. The topological polar surface area (TPSA) is 67.2 Å². The number of aryl methyl sites for hydroxylation is 1. The molecule has 0 aliphatic rings. The van der Waals surface area contributed by atoms with Gasteiger partial charge in [-0.25, -0.2) is 0 Å². The van der Waals surface area contributed by atoms with E-state index in [1.165, 1.54) is 17.5 Å². The molecular weight excluding hydrogens is 262 g/mol. The molecule has 0 aromatic carbocycles. The highest BCUT2D eigenvalue weighted by Gasteiger charge is 2.25. The van der Waals surface area contributed by atoms with E-state index in [2.05, 4.69) is 10.4 Å². The molecule has 1 amide bonds. The molecule has 0 radical (unpaired) electrons. The van der Waals surface area contributed by atoms with Gasteiger partial charge in [-0.15, -0.1) is 11.3 Å². The fourth-order valence-corrected chi connectivity index (χ4v) is 2.47. The highest BCUT2D eigenvalue weighted by atomic mass is 32.1. The lowest BCUT2D eigenvalue weighted by atomic mass is 10.1. The molecule has 1 unspecified atom stereocenters. The summed E-state index contributed by atoms with van der Waals surface area (Å²) in [6.45, 7) is 4.54. The Hall–Kier alpha value is -1.66. The number of nitrogens with one attached hydrogen (secondary N) is 1. The molecule has 0 spiro atoms. The van der Waals surface area contributed by atoms with Crippen LogP contribution in [0.25, 0.3) is 0 Å². The molecule has 0 bridgehead atoms. The molecule has 2 aromatic heterocycles. The number of amides is 1. The van der Waals surface area contributed by atoms with Crippen LogP contribution in [0.1, 0.15) is 29.1 Å². The summed E-state index contributed by atoms with van der Waals surface area (Å²) in [5.41, 5.74) is -0.547. The maximum atomic E-state index is 11.9. The predicted octanol–water partition coefficient (Wildman–Crippen LogP) is 1.60. The number of thiophene rings is 1. The van der Waals surface area contributed by atoms with Crippen molar-refractivity contribution in [1.29, 1.82) is 0 Å². The first kappa shape index (κ1) is 13.8. The molecule has 2 rings (SSSR count). The predicted molar refractivity (Wildman–Crippen MR) is 74.1 cm³/mol. The van der Waals surface area contributed by atoms with Crippen molar-refractivity contribution in [1.82, 2.24) is 15.1 Å². The van der Waals surface area contributed by atoms with Crippen molar-refractivity contribution in [2.75, 3.05) is 6.54 Å². The summed E-state index contributed by atoms with van der Waals surface area (Å²) in [7, 11) is 0. The molecule has 5 nitrogen and oxygen atoms in total. The highest BCUT2D eigenvalue weighted by Crippen LogP contribution is 2.24. The Bertz CT molecular complexity index is 546. The standard InChI is InChI=1S/C13H17N3O2S/c1-3-16-8-10(7-15-16)12(17)14-9-13(2,18)11-5-4-6-19-11/h4-8,18H,3,9H2,1-2H3,(H,14,17). The number of aliphatic hydroxyl groups is 1. The minimum Gasteiger partial charge on any atom is -0.383 e. The van der Waals surface area contributed by atoms with Gasteiger partial charge < -0.3 is 10.4 Å². The number of hydrogen-bond donors (Lipinski definition) is 2. The first-order valence-corrected chi connectivity index (χ1v) is 6.98. The van der Waals surface area contributed by atoms with Crippen molar-refractivity contribution < 1.29 is 9.90 Å². The summed E-state index contributed by atoms with van der Waals surface area (Å²) in [5, 5.41) is 19.0. The summed E-state index contributed by atoms with van der Waals surface area (Å²) in [6, 6.07) is 3.73. The van der Waals surface area contributed by atoms with Crippen molar-refractivity contribution in [3.8, 4) is 0 Å². The molecule has 0 fully saturated rings. The Morgan fingerprint density at radius 2 is 2.42 bits per heavy atom. The SMILES string of the molecule is CCn1cc(C(=O)NCC(C)(O)c2cccs2)cn1. The number of nitrogens with zero attached hydrogens (tertiary/aromatic N) is 2. The van der Waals surface area contributed by atoms with E-state index in [9.17, 15) is 9.90 Å². The monoisotopic (exact) mass is 279 g/mol. The van der Waals surface area contributed by atoms with Gasteiger partial charge in [0.1, 0.15) is 5.60 Å². The molecule has 102 valence electrons. The second-order valence-electron chi connectivity index (χ2n) is 4.52. The summed E-state index contributed by atoms with van der Waals surface area (Å²) in [4.78, 5) is 12.7. The van der Waals surface area contributed by atoms with Crippen LogP contribution in [0, 0.1) is 0 Å². The van der Waals surface area contributed by atoms with Crippen LogP contribution in [0.15, 0.2) is 29.9 Å². The van der Waals surface area contributed by atoms with Crippen LogP contribution in [0.5, 0.6) is 0 Å². The van der Waals surface area contributed by atoms with Gasteiger partial charge in [0.05, 0.1) is 18.3 Å². The number of rotatable bonds is 5. The Morgan fingerprint density at radius 1 is 1.63 bits per heavy atom. The molecule has 0 aliphatic heterocycles. The van der Waals surface area contributed by atoms with Gasteiger partial charge in [-0.2, -0.15) is 5.10 Å². The smallest absolute Gasteiger partial charge is 0.254 e. The third kappa shape index (κ3) is 3.21. The van der Waals surface area contributed by atoms with Gasteiger partial charge in [0.2, 0.25) is 0 Å². The number of carbonyl (C=O) groups excluding carboxylic acids is 1. The van der Waals surface area contributed by atoms with Crippen LogP contribution in [-0.2, 0) is 12.1 Å². The van der Waals surface area contributed by atoms with Gasteiger partial charge in [-0.05, 0) is 25.3 Å². The van der Waals surface area contributed by atoms with Crippen LogP contribution >= 0.6 is 11.3 Å². The minimum absolute atomic E-state index is 0.170. The summed E-state index contributed by atoms with van der Waals surface area (Å²) in [6.07, 6.45) is 3.22. The summed E-state index contributed by atoms with van der Waals surface area (Å²) >= 11 is 1.47. The van der Waals surface area contributed by atoms with E-state index in [1.807, 2.05) is 24.4 Å². The molecule has 1 atom stereocenters. The Labute approximate surface area is 115 Å². The molecule has 2 aromatic rings. The fourth-order valence-electron chi connectivity index (χ4n) is 1.68. The van der Waals surface area contributed by atoms with E-state index in [1.54, 1.807) is 17.8 Å². The zero-order valence-electron chi connectivity index (χ0n) is 11.0. The van der Waals surface area contributed by atoms with E-state index in [0.717, 1.165) is 11.4 Å². The number of carbonyl (C=O) groups is 1. The van der Waals surface area contributed by atoms with Crippen LogP contribution in [0.4, 0.5) is 0 Å². The fraction of sp³-hybridized carbons (Fsp3) is 0.385. The highest BCUT2D eigenvalue weighted by molar-refractivity contribution is 7.10. The molecule has 2 N–H and O–H groups in total. The van der Waals surface area contributed by atoms with Crippen molar-refractivity contribution in [2.24, 2.45) is 0 Å². The van der Waals surface area contributed by atoms with Gasteiger partial charge in [-0.1, -0.05) is 6.07 Å². The molecule has 0 saturated heterocycles. The van der Waals surface area contributed by atoms with Crippen molar-refractivity contribution in [3.05, 3.63) is 40.3 Å². The molecular formula is C13H17N3O2S. The lowest BCUT2D eigenvalue weighted by molar-refractivity contribution is 0.0556. The van der Waals surface area contributed by atoms with Crippen LogP contribution in [-0.4, -0.2) is 27.3 Å². The average Bonchev–Trinajstić information content (AvgIpc) is 3.06. The maximum absolute atomic E-state index is 11.9. The molecule has 0 aliphatic carbocycles. The van der Waals surface area contributed by atoms with Crippen LogP contribution in [0.3, 0.4) is 0 Å². The first-order valence-electron chi connectivity index (χ1n) is 6.10. The van der Waals surface area contributed by atoms with E-state index >= 15 is 0 Å². The lowest BCUT2D eigenvalue weighted by Crippen LogP contribution is -2.38. The van der Waals surface area contributed by atoms with Crippen LogP contribution in [0.2, 0.25) is 0 Å². The first-order chi connectivity index (χ1) is 9.03. The van der Waals surface area contributed by atoms with Gasteiger partial charge in [0.15, 0.2) is 0 Å². The Balaban J connectivity index is 1.97. The largest absolute Gasteiger partial charge is 0.383 e. The van der Waals surface area contributed by atoms with Crippen LogP contribution < -0.4 is 5.32 Å². The minimum atomic E-state index is -1.05. The van der Waals surface area contributed by atoms with E-state index in [4.69, 9.17) is 0 Å². The zero-order valence-corrected chi connectivity index (χ0v) is 11.8. The molecule has 6 heteroatoms. The molecule has 0 saturated carbocycles. The Kier molecular flexibility index (Phi) is 4.01. The van der Waals surface area contributed by atoms with Gasteiger partial charge in [0.25, 0.3) is 5.91 Å². The Morgan fingerprint density at radius 3 is 3.00 bits per heavy atom. The van der Waals surface area contributed by atoms with Gasteiger partial charge >= 0.3 is 0 Å². The molecule has 2 heterocycles. The molecule has 19 heavy (non-hydrogen) atoms. The second kappa shape index (κ2) is 5.54. The van der Waals surface area contributed by atoms with Gasteiger partial charge in [0, 0.05) is 17.6 Å². The third-order valence-electron chi connectivity index (χ3n) is 2.86. The van der Waals surface area contributed by atoms with E-state index < -0.39 is 5.60 Å². The van der Waals surface area contributed by atoms with E-state index in [0.29, 0.717) is 5.56 Å². The van der Waals surface area contributed by atoms with Gasteiger partial charge in [-0.3, -0.25) is 9.48 Å². The zero-order chi connectivity index (χ0) is 13.9. The number of hydrogen-bond acceptors (Lipinski definition) is 4.